The number of ketones is 1. The topological polar surface area (TPSA) is 123 Å². The highest BCUT2D eigenvalue weighted by Gasteiger charge is 2.47. The van der Waals surface area contributed by atoms with Crippen molar-refractivity contribution in [3.05, 3.63) is 99.7 Å². The molecule has 160 valence electrons. The first-order valence-electron chi connectivity index (χ1n) is 9.53. The van der Waals surface area contributed by atoms with Crippen LogP contribution in [0.3, 0.4) is 0 Å². The van der Waals surface area contributed by atoms with E-state index >= 15 is 0 Å². The van der Waals surface area contributed by atoms with Gasteiger partial charge in [-0.3, -0.25) is 24.6 Å². The number of nitrogens with zero attached hydrogens (tertiary/aromatic N) is 3. The number of carbonyl (C=O) groups is 2. The third kappa shape index (κ3) is 3.56. The summed E-state index contributed by atoms with van der Waals surface area (Å²) in [6.45, 7) is 0. The van der Waals surface area contributed by atoms with E-state index in [4.69, 9.17) is 4.74 Å². The van der Waals surface area contributed by atoms with E-state index in [-0.39, 0.29) is 22.8 Å². The van der Waals surface area contributed by atoms with Gasteiger partial charge in [-0.05, 0) is 54.1 Å². The second kappa shape index (κ2) is 8.31. The average molecular weight is 431 g/mol. The van der Waals surface area contributed by atoms with E-state index in [0.29, 0.717) is 16.9 Å². The molecule has 2 heterocycles. The second-order valence-electron chi connectivity index (χ2n) is 6.93. The smallest absolute Gasteiger partial charge is 0.301 e. The molecule has 1 amide bonds. The Morgan fingerprint density at radius 1 is 1.06 bits per heavy atom. The maximum atomic E-state index is 13.0. The summed E-state index contributed by atoms with van der Waals surface area (Å²) < 4.78 is 5.12. The zero-order chi connectivity index (χ0) is 22.8. The van der Waals surface area contributed by atoms with Crippen LogP contribution in [-0.4, -0.2) is 33.8 Å². The first-order chi connectivity index (χ1) is 15.4. The highest BCUT2D eigenvalue weighted by molar-refractivity contribution is 6.51. The number of methoxy groups -OCH3 is 1. The Morgan fingerprint density at radius 2 is 1.75 bits per heavy atom. The fraction of sp³-hybridized carbons (Fsp3) is 0.0870. The Morgan fingerprint density at radius 3 is 2.31 bits per heavy atom. The molecule has 1 aliphatic rings. The molecule has 0 spiro atoms. The molecule has 0 aliphatic carbocycles. The lowest BCUT2D eigenvalue weighted by Crippen LogP contribution is -2.30. The van der Waals surface area contributed by atoms with E-state index in [9.17, 15) is 24.8 Å². The van der Waals surface area contributed by atoms with Crippen molar-refractivity contribution in [3.63, 3.8) is 0 Å². The van der Waals surface area contributed by atoms with Crippen molar-refractivity contribution >= 4 is 29.0 Å². The lowest BCUT2D eigenvalue weighted by molar-refractivity contribution is -0.384. The van der Waals surface area contributed by atoms with Crippen LogP contribution in [0.15, 0.2) is 78.5 Å². The summed E-state index contributed by atoms with van der Waals surface area (Å²) in [6, 6.07) is 15.7. The summed E-state index contributed by atoms with van der Waals surface area (Å²) in [5, 5.41) is 22.1. The van der Waals surface area contributed by atoms with Crippen LogP contribution >= 0.6 is 0 Å². The molecular weight excluding hydrogens is 414 g/mol. The van der Waals surface area contributed by atoms with Crippen molar-refractivity contribution in [2.24, 2.45) is 0 Å². The number of Topliss-reactive ketones (excluding diaryl/α,β-unsaturated/α-hetero) is 1. The van der Waals surface area contributed by atoms with Gasteiger partial charge in [0.2, 0.25) is 0 Å². The Hall–Kier alpha value is -4.53. The molecule has 2 aromatic carbocycles. The fourth-order valence-electron chi connectivity index (χ4n) is 3.56. The lowest BCUT2D eigenvalue weighted by atomic mass is 9.95. The Bertz CT molecular complexity index is 1220. The summed E-state index contributed by atoms with van der Waals surface area (Å²) >= 11 is 0. The van der Waals surface area contributed by atoms with Gasteiger partial charge in [-0.15, -0.1) is 0 Å². The van der Waals surface area contributed by atoms with E-state index in [1.807, 2.05) is 0 Å². The monoisotopic (exact) mass is 431 g/mol. The quantitative estimate of drug-likeness (QED) is 0.215. The number of hydrogen-bond acceptors (Lipinski definition) is 7. The standard InChI is InChI=1S/C23H17N3O6/c1-32-17-11-7-15(8-12-17)21(27)19-20(14-5-9-16(10-6-14)26(30)31)25(23(29)22(19)28)18-4-2-3-13-24-18/h2-13,20,27H,1H3/b21-19+. The van der Waals surface area contributed by atoms with Gasteiger partial charge < -0.3 is 9.84 Å². The van der Waals surface area contributed by atoms with Crippen LogP contribution < -0.4 is 9.64 Å². The molecule has 0 radical (unpaired) electrons. The van der Waals surface area contributed by atoms with Crippen LogP contribution in [0.25, 0.3) is 5.76 Å². The number of pyridine rings is 1. The van der Waals surface area contributed by atoms with Gasteiger partial charge in [-0.1, -0.05) is 6.07 Å². The molecule has 1 saturated heterocycles. The Kier molecular flexibility index (Phi) is 5.38. The van der Waals surface area contributed by atoms with E-state index in [1.165, 1.54) is 42.5 Å². The third-order valence-electron chi connectivity index (χ3n) is 5.12. The number of ether oxygens (including phenoxy) is 1. The number of rotatable bonds is 5. The first-order valence-corrected chi connectivity index (χ1v) is 9.53. The molecule has 1 unspecified atom stereocenters. The van der Waals surface area contributed by atoms with E-state index in [0.717, 1.165) is 0 Å². The van der Waals surface area contributed by atoms with Crippen LogP contribution in [-0.2, 0) is 9.59 Å². The molecule has 0 saturated carbocycles. The van der Waals surface area contributed by atoms with Crippen LogP contribution in [0.4, 0.5) is 11.5 Å². The lowest BCUT2D eigenvalue weighted by Gasteiger charge is -2.24. The van der Waals surface area contributed by atoms with Gasteiger partial charge in [-0.2, -0.15) is 0 Å². The van der Waals surface area contributed by atoms with Gasteiger partial charge in [0, 0.05) is 23.9 Å². The van der Waals surface area contributed by atoms with Gasteiger partial charge in [-0.25, -0.2) is 4.98 Å². The molecule has 3 aromatic rings. The molecule has 1 aromatic heterocycles. The third-order valence-corrected chi connectivity index (χ3v) is 5.12. The molecule has 1 fully saturated rings. The molecule has 32 heavy (non-hydrogen) atoms. The Balaban J connectivity index is 1.90. The van der Waals surface area contributed by atoms with Gasteiger partial charge in [0.25, 0.3) is 11.5 Å². The summed E-state index contributed by atoms with van der Waals surface area (Å²) in [7, 11) is 1.50. The van der Waals surface area contributed by atoms with Crippen molar-refractivity contribution in [1.82, 2.24) is 4.98 Å². The molecule has 9 heteroatoms. The number of carbonyl (C=O) groups excluding carboxylic acids is 2. The number of aromatic nitrogens is 1. The predicted molar refractivity (Wildman–Crippen MR) is 115 cm³/mol. The molecule has 1 N–H and O–H groups in total. The summed E-state index contributed by atoms with van der Waals surface area (Å²) in [4.78, 5) is 41.9. The van der Waals surface area contributed by atoms with Crippen molar-refractivity contribution in [1.29, 1.82) is 0 Å². The van der Waals surface area contributed by atoms with Crippen molar-refractivity contribution < 1.29 is 24.4 Å². The number of aliphatic hydroxyl groups is 1. The number of anilines is 1. The van der Waals surface area contributed by atoms with Crippen molar-refractivity contribution in [2.45, 2.75) is 6.04 Å². The summed E-state index contributed by atoms with van der Waals surface area (Å²) in [6.07, 6.45) is 1.48. The molecular formula is C23H17N3O6. The molecule has 9 nitrogen and oxygen atoms in total. The van der Waals surface area contributed by atoms with Crippen molar-refractivity contribution in [3.8, 4) is 5.75 Å². The SMILES string of the molecule is COc1ccc(/C(O)=C2\C(=O)C(=O)N(c3ccccn3)C2c2ccc([N+](=O)[O-])cc2)cc1. The van der Waals surface area contributed by atoms with Crippen LogP contribution in [0, 0.1) is 10.1 Å². The zero-order valence-corrected chi connectivity index (χ0v) is 16.8. The number of nitro benzene ring substituents is 1. The second-order valence-corrected chi connectivity index (χ2v) is 6.93. The number of non-ortho nitro benzene ring substituents is 1. The summed E-state index contributed by atoms with van der Waals surface area (Å²) in [5.74, 6) is -1.34. The number of benzene rings is 2. The first kappa shape index (κ1) is 20.7. The van der Waals surface area contributed by atoms with E-state index in [1.54, 1.807) is 42.5 Å². The minimum Gasteiger partial charge on any atom is -0.507 e. The molecule has 0 bridgehead atoms. The molecule has 1 atom stereocenters. The highest BCUT2D eigenvalue weighted by Crippen LogP contribution is 2.41. The average Bonchev–Trinajstić information content (AvgIpc) is 3.09. The van der Waals surface area contributed by atoms with Crippen molar-refractivity contribution in [2.75, 3.05) is 12.0 Å². The minimum absolute atomic E-state index is 0.139. The highest BCUT2D eigenvalue weighted by atomic mass is 16.6. The predicted octanol–water partition coefficient (Wildman–Crippen LogP) is 3.62. The maximum absolute atomic E-state index is 13.0. The van der Waals surface area contributed by atoms with Gasteiger partial charge in [0.1, 0.15) is 17.3 Å². The van der Waals surface area contributed by atoms with Crippen LogP contribution in [0.2, 0.25) is 0 Å². The van der Waals surface area contributed by atoms with Crippen LogP contribution in [0.1, 0.15) is 17.2 Å². The normalized spacial score (nSPS) is 17.4. The molecule has 1 aliphatic heterocycles. The van der Waals surface area contributed by atoms with Gasteiger partial charge >= 0.3 is 5.91 Å². The van der Waals surface area contributed by atoms with Gasteiger partial charge in [0.05, 0.1) is 23.6 Å². The number of aliphatic hydroxyl groups excluding tert-OH is 1. The number of nitro groups is 1. The summed E-state index contributed by atoms with van der Waals surface area (Å²) in [5.41, 5.74) is 0.450. The number of amides is 1. The Labute approximate surface area is 182 Å². The van der Waals surface area contributed by atoms with Gasteiger partial charge in [0.15, 0.2) is 0 Å². The van der Waals surface area contributed by atoms with Crippen LogP contribution in [0.5, 0.6) is 5.75 Å². The maximum Gasteiger partial charge on any atom is 0.301 e. The largest absolute Gasteiger partial charge is 0.507 e. The number of hydrogen-bond donors (Lipinski definition) is 1. The fourth-order valence-corrected chi connectivity index (χ4v) is 3.56. The van der Waals surface area contributed by atoms with E-state index < -0.39 is 22.7 Å². The minimum atomic E-state index is -1.02. The zero-order valence-electron chi connectivity index (χ0n) is 16.8. The molecule has 4 rings (SSSR count). The van der Waals surface area contributed by atoms with E-state index in [2.05, 4.69) is 4.98 Å².